The van der Waals surface area contributed by atoms with Crippen molar-refractivity contribution in [3.8, 4) is 5.75 Å². The van der Waals surface area contributed by atoms with Crippen molar-refractivity contribution in [2.24, 2.45) is 11.7 Å². The number of benzene rings is 1. The summed E-state index contributed by atoms with van der Waals surface area (Å²) >= 11 is 0. The second kappa shape index (κ2) is 11.6. The van der Waals surface area contributed by atoms with Crippen LogP contribution in [0.2, 0.25) is 0 Å². The van der Waals surface area contributed by atoms with Crippen molar-refractivity contribution >= 4 is 17.8 Å². The van der Waals surface area contributed by atoms with Gasteiger partial charge in [0, 0.05) is 0 Å². The largest absolute Gasteiger partial charge is 1.00 e. The van der Waals surface area contributed by atoms with E-state index in [4.69, 9.17) is 15.2 Å². The summed E-state index contributed by atoms with van der Waals surface area (Å²) in [6.07, 6.45) is 1.24. The molecule has 8 nitrogen and oxygen atoms in total. The maximum atomic E-state index is 12.7. The van der Waals surface area contributed by atoms with Crippen molar-refractivity contribution in [1.29, 1.82) is 0 Å². The number of fused-ring (bicyclic) bond motifs is 13. The topological polar surface area (TPSA) is 120 Å². The van der Waals surface area contributed by atoms with Gasteiger partial charge >= 0.3 is 7.40 Å². The molecule has 3 rings (SSSR count). The fraction of sp³-hybridized carbons (Fsp3) is 0.550. The van der Waals surface area contributed by atoms with Gasteiger partial charge in [-0.15, -0.1) is 0 Å². The molecule has 2 bridgehead atoms. The van der Waals surface area contributed by atoms with Crippen molar-refractivity contribution in [2.75, 3.05) is 13.7 Å². The van der Waals surface area contributed by atoms with Crippen molar-refractivity contribution in [3.05, 3.63) is 29.8 Å². The first-order valence-corrected chi connectivity index (χ1v) is 9.47. The number of hydrogen-bond donors (Lipinski definition) is 3. The number of carbonyl (C=O) groups is 3. The van der Waals surface area contributed by atoms with Gasteiger partial charge in [-0.3, -0.25) is 9.59 Å². The molecule has 29 heavy (non-hydrogen) atoms. The highest BCUT2D eigenvalue weighted by atomic mass is 35.5. The van der Waals surface area contributed by atoms with Gasteiger partial charge in [0.05, 0.1) is 19.8 Å². The summed E-state index contributed by atoms with van der Waals surface area (Å²) in [6.45, 7) is 4.02. The Kier molecular flexibility index (Phi) is 9.91. The van der Waals surface area contributed by atoms with Crippen LogP contribution in [0.25, 0.3) is 0 Å². The lowest BCUT2D eigenvalue weighted by molar-refractivity contribution is -0.145. The molecule has 162 valence electrons. The number of rotatable bonds is 2. The molecule has 0 fully saturated rings. The molecule has 2 aliphatic rings. The second-order valence-electron chi connectivity index (χ2n) is 7.26. The van der Waals surface area contributed by atoms with E-state index in [-0.39, 0.29) is 19.8 Å². The SMILES string of the molecule is COC(=O)[C@@H]1CCCOc2ccc(cc2)C[C@H](N)C(=O)N[C@@H](C(C)C)C(=O)N1.[Cl-].[H+]. The highest BCUT2D eigenvalue weighted by molar-refractivity contribution is 5.92. The molecule has 2 aliphatic heterocycles. The minimum Gasteiger partial charge on any atom is -1.00 e. The Bertz CT molecular complexity index is 702. The van der Waals surface area contributed by atoms with Gasteiger partial charge in [-0.05, 0) is 42.9 Å². The minimum atomic E-state index is -0.816. The van der Waals surface area contributed by atoms with Gasteiger partial charge in [-0.25, -0.2) is 4.79 Å². The first kappa shape index (κ1) is 24.7. The van der Waals surface area contributed by atoms with Gasteiger partial charge in [-0.1, -0.05) is 26.0 Å². The molecule has 0 spiro atoms. The Hall–Kier alpha value is -2.32. The number of nitrogens with one attached hydrogen (secondary N) is 2. The molecule has 0 saturated carbocycles. The first-order chi connectivity index (χ1) is 13.3. The molecule has 0 radical (unpaired) electrons. The van der Waals surface area contributed by atoms with E-state index in [0.717, 1.165) is 5.56 Å². The molecule has 2 amide bonds. The Morgan fingerprint density at radius 2 is 1.86 bits per heavy atom. The molecule has 1 aromatic rings. The summed E-state index contributed by atoms with van der Waals surface area (Å²) < 4.78 is 10.5. The highest BCUT2D eigenvalue weighted by Crippen LogP contribution is 2.15. The molecule has 9 heteroatoms. The van der Waals surface area contributed by atoms with Crippen molar-refractivity contribution < 1.29 is 37.7 Å². The third-order valence-corrected chi connectivity index (χ3v) is 4.67. The average molecular weight is 428 g/mol. The van der Waals surface area contributed by atoms with Crippen molar-refractivity contribution in [3.63, 3.8) is 0 Å². The number of halogens is 1. The van der Waals surface area contributed by atoms with E-state index in [9.17, 15) is 14.4 Å². The maximum absolute atomic E-state index is 12.7. The third-order valence-electron chi connectivity index (χ3n) is 4.67. The van der Waals surface area contributed by atoms with E-state index in [2.05, 4.69) is 10.6 Å². The van der Waals surface area contributed by atoms with Crippen molar-refractivity contribution in [2.45, 2.75) is 51.2 Å². The van der Waals surface area contributed by atoms with Crippen LogP contribution in [0.4, 0.5) is 0 Å². The summed E-state index contributed by atoms with van der Waals surface area (Å²) in [5, 5.41) is 5.40. The summed E-state index contributed by atoms with van der Waals surface area (Å²) in [6, 6.07) is 4.94. The third kappa shape index (κ3) is 7.21. The molecule has 3 atom stereocenters. The van der Waals surface area contributed by atoms with Gasteiger partial charge < -0.3 is 38.2 Å². The van der Waals surface area contributed by atoms with Gasteiger partial charge in [0.25, 0.3) is 0 Å². The molecular weight excluding hydrogens is 398 g/mol. The van der Waals surface area contributed by atoms with Crippen LogP contribution < -0.4 is 33.5 Å². The lowest BCUT2D eigenvalue weighted by Crippen LogP contribution is -3.00. The Balaban J connectivity index is 0.00000420. The first-order valence-electron chi connectivity index (χ1n) is 9.47. The number of methoxy groups -OCH3 is 1. The number of amides is 2. The fourth-order valence-electron chi connectivity index (χ4n) is 2.99. The quantitative estimate of drug-likeness (QED) is 0.454. The average Bonchev–Trinajstić information content (AvgIpc) is 2.67. The van der Waals surface area contributed by atoms with E-state index in [1.165, 1.54) is 7.11 Å². The summed E-state index contributed by atoms with van der Waals surface area (Å²) in [5.74, 6) is -0.897. The van der Waals surface area contributed by atoms with Crippen LogP contribution >= 0.6 is 0 Å². The van der Waals surface area contributed by atoms with Gasteiger partial charge in [-0.2, -0.15) is 0 Å². The summed E-state index contributed by atoms with van der Waals surface area (Å²) in [7, 11) is 1.27. The lowest BCUT2D eigenvalue weighted by Gasteiger charge is -2.26. The van der Waals surface area contributed by atoms with E-state index in [1.807, 2.05) is 38.1 Å². The predicted octanol–water partition coefficient (Wildman–Crippen LogP) is -2.36. The zero-order valence-electron chi connectivity index (χ0n) is 17.9. The number of esters is 1. The number of ether oxygens (including phenoxy) is 2. The van der Waals surface area contributed by atoms with Crippen LogP contribution in [0, 0.1) is 5.92 Å². The maximum Gasteiger partial charge on any atom is 1.00 e. The summed E-state index contributed by atoms with van der Waals surface area (Å²) in [5.41, 5.74) is 6.93. The molecule has 0 aliphatic carbocycles. The van der Waals surface area contributed by atoms with E-state index < -0.39 is 35.9 Å². The monoisotopic (exact) mass is 427 g/mol. The highest BCUT2D eigenvalue weighted by Gasteiger charge is 2.30. The normalized spacial score (nSPS) is 23.4. The Morgan fingerprint density at radius 1 is 1.21 bits per heavy atom. The standard InChI is InChI=1S/C20H29N3O5.ClH/c1-12(2)17-19(25)22-16(20(26)27-3)5-4-10-28-14-8-6-13(7-9-14)11-15(21)18(24)23-17;/h6-9,12,15-17H,4-5,10-11,21H2,1-3H3,(H,22,25)(H,23,24);1H/t15-,16-,17-;/m0./s1. The molecule has 1 aromatic carbocycles. The molecular formula is C20H30ClN3O5. The van der Waals surface area contributed by atoms with Crippen LogP contribution in [0.3, 0.4) is 0 Å². The van der Waals surface area contributed by atoms with Gasteiger partial charge in [0.1, 0.15) is 17.8 Å². The smallest absolute Gasteiger partial charge is 1.00 e. The van der Waals surface area contributed by atoms with Crippen molar-refractivity contribution in [1.82, 2.24) is 10.6 Å². The molecule has 0 saturated heterocycles. The Labute approximate surface area is 178 Å². The van der Waals surface area contributed by atoms with Gasteiger partial charge in [0.15, 0.2) is 0 Å². The zero-order chi connectivity index (χ0) is 20.7. The van der Waals surface area contributed by atoms with Crippen LogP contribution in [0.1, 0.15) is 33.7 Å². The minimum absolute atomic E-state index is 0. The van der Waals surface area contributed by atoms with Crippen LogP contribution in [0.5, 0.6) is 5.75 Å². The Morgan fingerprint density at radius 3 is 2.45 bits per heavy atom. The summed E-state index contributed by atoms with van der Waals surface area (Å²) in [4.78, 5) is 37.3. The fourth-order valence-corrected chi connectivity index (χ4v) is 2.99. The van der Waals surface area contributed by atoms with Gasteiger partial charge in [0.2, 0.25) is 11.8 Å². The van der Waals surface area contributed by atoms with Crippen LogP contribution in [-0.2, 0) is 25.5 Å². The number of nitrogens with two attached hydrogens (primary N) is 1. The van der Waals surface area contributed by atoms with E-state index in [1.54, 1.807) is 0 Å². The van der Waals surface area contributed by atoms with E-state index in [0.29, 0.717) is 31.6 Å². The second-order valence-corrected chi connectivity index (χ2v) is 7.26. The van der Waals surface area contributed by atoms with E-state index >= 15 is 0 Å². The predicted molar refractivity (Wildman–Crippen MR) is 105 cm³/mol. The molecule has 2 heterocycles. The van der Waals surface area contributed by atoms with Crippen LogP contribution in [-0.4, -0.2) is 49.6 Å². The number of carbonyl (C=O) groups excluding carboxylic acids is 3. The molecule has 0 unspecified atom stereocenters. The van der Waals surface area contributed by atoms with Crippen LogP contribution in [0.15, 0.2) is 24.3 Å². The lowest BCUT2D eigenvalue weighted by atomic mass is 10.0. The number of hydrogen-bond acceptors (Lipinski definition) is 6. The molecule has 0 aromatic heterocycles. The molecule has 4 N–H and O–H groups in total. The zero-order valence-corrected chi connectivity index (χ0v) is 17.7.